The van der Waals surface area contributed by atoms with E-state index in [-0.39, 0.29) is 5.41 Å². The maximum Gasteiger partial charge on any atom is 0.235 e. The SMILES string of the molecule is CC1(C)c2ccccc2-c2cc(-n3c4ccccc4c4cc(-c5ccc6c(c5)c5c7ccccc7ccc5n6-c5nc6c7c(cccc7n5)Oc5ccccc5-6)ccc43)ccc21. The Bertz CT molecular complexity index is 3940. The van der Waals surface area contributed by atoms with Crippen molar-refractivity contribution in [3.63, 3.8) is 0 Å². The van der Waals surface area contributed by atoms with E-state index in [0.717, 1.165) is 55.6 Å². The van der Waals surface area contributed by atoms with Crippen molar-refractivity contribution in [3.05, 3.63) is 193 Å². The van der Waals surface area contributed by atoms with Crippen LogP contribution in [0.1, 0.15) is 25.0 Å². The molecule has 290 valence electrons. The number of hydrogen-bond acceptors (Lipinski definition) is 3. The van der Waals surface area contributed by atoms with Crippen molar-refractivity contribution in [2.45, 2.75) is 19.3 Å². The largest absolute Gasteiger partial charge is 0.456 e. The fourth-order valence-electron chi connectivity index (χ4n) is 10.9. The van der Waals surface area contributed by atoms with Crippen LogP contribution in [0.25, 0.3) is 110 Å². The Morgan fingerprint density at radius 1 is 0.435 bits per heavy atom. The summed E-state index contributed by atoms with van der Waals surface area (Å²) in [6, 6.07) is 65.9. The average Bonchev–Trinajstić information content (AvgIpc) is 3.91. The second-order valence-corrected chi connectivity index (χ2v) is 17.4. The molecule has 0 radical (unpaired) electrons. The van der Waals surface area contributed by atoms with Crippen molar-refractivity contribution < 1.29 is 4.74 Å². The zero-order valence-electron chi connectivity index (χ0n) is 34.0. The normalized spacial score (nSPS) is 13.6. The molecule has 0 unspecified atom stereocenters. The van der Waals surface area contributed by atoms with Gasteiger partial charge in [0.25, 0.3) is 0 Å². The second-order valence-electron chi connectivity index (χ2n) is 17.4. The van der Waals surface area contributed by atoms with E-state index in [4.69, 9.17) is 14.7 Å². The molecule has 2 aliphatic rings. The number of para-hydroxylation sites is 2. The lowest BCUT2D eigenvalue weighted by Crippen LogP contribution is -2.14. The molecule has 0 fully saturated rings. The summed E-state index contributed by atoms with van der Waals surface area (Å²) < 4.78 is 11.0. The monoisotopic (exact) mass is 792 g/mol. The highest BCUT2D eigenvalue weighted by Gasteiger charge is 2.35. The lowest BCUT2D eigenvalue weighted by Gasteiger charge is -2.21. The molecular formula is C57H36N4O. The van der Waals surface area contributed by atoms with Gasteiger partial charge in [-0.2, -0.15) is 0 Å². The summed E-state index contributed by atoms with van der Waals surface area (Å²) in [6.45, 7) is 4.68. The summed E-state index contributed by atoms with van der Waals surface area (Å²) in [5.74, 6) is 2.22. The van der Waals surface area contributed by atoms with E-state index < -0.39 is 0 Å². The topological polar surface area (TPSA) is 44.9 Å². The molecule has 0 spiro atoms. The smallest absolute Gasteiger partial charge is 0.235 e. The fourth-order valence-corrected chi connectivity index (χ4v) is 10.9. The van der Waals surface area contributed by atoms with Crippen LogP contribution in [0, 0.1) is 0 Å². The molecule has 4 heterocycles. The van der Waals surface area contributed by atoms with Gasteiger partial charge in [0.05, 0.1) is 38.7 Å². The molecule has 5 nitrogen and oxygen atoms in total. The lowest BCUT2D eigenvalue weighted by molar-refractivity contribution is 0.486. The molecular weight excluding hydrogens is 757 g/mol. The van der Waals surface area contributed by atoms with Gasteiger partial charge in [-0.1, -0.05) is 123 Å². The molecule has 5 heteroatoms. The van der Waals surface area contributed by atoms with Crippen molar-refractivity contribution >= 4 is 65.3 Å². The number of rotatable bonds is 3. The number of nitrogens with zero attached hydrogens (tertiary/aromatic N) is 4. The number of hydrogen-bond donors (Lipinski definition) is 0. The van der Waals surface area contributed by atoms with Crippen LogP contribution in [0.5, 0.6) is 11.5 Å². The summed E-state index contributed by atoms with van der Waals surface area (Å²) in [5, 5.41) is 8.15. The van der Waals surface area contributed by atoms with Gasteiger partial charge in [0, 0.05) is 38.2 Å². The molecule has 0 amide bonds. The van der Waals surface area contributed by atoms with E-state index in [2.05, 4.69) is 175 Å². The molecule has 14 rings (SSSR count). The van der Waals surface area contributed by atoms with E-state index in [0.29, 0.717) is 5.95 Å². The molecule has 3 aromatic heterocycles. The highest BCUT2D eigenvalue weighted by atomic mass is 16.5. The third kappa shape index (κ3) is 4.46. The van der Waals surface area contributed by atoms with Gasteiger partial charge in [-0.15, -0.1) is 0 Å². The zero-order chi connectivity index (χ0) is 40.8. The lowest BCUT2D eigenvalue weighted by atomic mass is 9.82. The van der Waals surface area contributed by atoms with Gasteiger partial charge in [0.15, 0.2) is 0 Å². The molecule has 0 saturated carbocycles. The van der Waals surface area contributed by atoms with E-state index in [9.17, 15) is 0 Å². The maximum absolute atomic E-state index is 6.34. The van der Waals surface area contributed by atoms with Crippen LogP contribution in [0.3, 0.4) is 0 Å². The van der Waals surface area contributed by atoms with Gasteiger partial charge >= 0.3 is 0 Å². The van der Waals surface area contributed by atoms with Gasteiger partial charge in [0.1, 0.15) is 11.5 Å². The number of benzene rings is 9. The van der Waals surface area contributed by atoms with Gasteiger partial charge in [-0.25, -0.2) is 9.97 Å². The predicted molar refractivity (Wildman–Crippen MR) is 254 cm³/mol. The quantitative estimate of drug-likeness (QED) is 0.179. The Morgan fingerprint density at radius 3 is 2.00 bits per heavy atom. The summed E-state index contributed by atoms with van der Waals surface area (Å²) >= 11 is 0. The van der Waals surface area contributed by atoms with Crippen molar-refractivity contribution in [2.75, 3.05) is 0 Å². The molecule has 1 aliphatic heterocycles. The third-order valence-electron chi connectivity index (χ3n) is 13.7. The first kappa shape index (κ1) is 33.8. The fraction of sp³-hybridized carbons (Fsp3) is 0.0526. The summed E-state index contributed by atoms with van der Waals surface area (Å²) in [6.07, 6.45) is 0. The minimum absolute atomic E-state index is 0.0377. The van der Waals surface area contributed by atoms with Crippen molar-refractivity contribution in [1.82, 2.24) is 19.1 Å². The van der Waals surface area contributed by atoms with Gasteiger partial charge in [-0.3, -0.25) is 4.57 Å². The molecule has 0 atom stereocenters. The molecule has 0 saturated heterocycles. The Kier molecular flexibility index (Phi) is 6.57. The van der Waals surface area contributed by atoms with Crippen LogP contribution in [0.15, 0.2) is 182 Å². The minimum atomic E-state index is -0.0377. The van der Waals surface area contributed by atoms with E-state index in [1.807, 2.05) is 30.3 Å². The van der Waals surface area contributed by atoms with E-state index >= 15 is 0 Å². The zero-order valence-corrected chi connectivity index (χ0v) is 34.0. The predicted octanol–water partition coefficient (Wildman–Crippen LogP) is 14.7. The van der Waals surface area contributed by atoms with Crippen molar-refractivity contribution in [1.29, 1.82) is 0 Å². The van der Waals surface area contributed by atoms with E-state index in [1.54, 1.807) is 0 Å². The Labute approximate surface area is 356 Å². The van der Waals surface area contributed by atoms with Crippen LogP contribution >= 0.6 is 0 Å². The minimum Gasteiger partial charge on any atom is -0.456 e. The summed E-state index contributed by atoms with van der Waals surface area (Å²) in [5.41, 5.74) is 16.1. The van der Waals surface area contributed by atoms with Gasteiger partial charge < -0.3 is 9.30 Å². The highest BCUT2D eigenvalue weighted by Crippen LogP contribution is 2.50. The van der Waals surface area contributed by atoms with Crippen LogP contribution in [-0.2, 0) is 5.41 Å². The first-order valence-electron chi connectivity index (χ1n) is 21.3. The Morgan fingerprint density at radius 2 is 1.11 bits per heavy atom. The van der Waals surface area contributed by atoms with Crippen LogP contribution < -0.4 is 4.74 Å². The summed E-state index contributed by atoms with van der Waals surface area (Å²) in [4.78, 5) is 10.6. The second kappa shape index (κ2) is 12.1. The average molecular weight is 793 g/mol. The number of fused-ring (bicyclic) bond motifs is 13. The van der Waals surface area contributed by atoms with Crippen molar-refractivity contribution in [2.24, 2.45) is 0 Å². The highest BCUT2D eigenvalue weighted by molar-refractivity contribution is 6.22. The van der Waals surface area contributed by atoms with Gasteiger partial charge in [-0.05, 0) is 117 Å². The molecule has 9 aromatic carbocycles. The molecule has 0 N–H and O–H groups in total. The first-order valence-corrected chi connectivity index (χ1v) is 21.3. The maximum atomic E-state index is 6.34. The molecule has 62 heavy (non-hydrogen) atoms. The third-order valence-corrected chi connectivity index (χ3v) is 13.7. The van der Waals surface area contributed by atoms with Crippen LogP contribution in [-0.4, -0.2) is 19.1 Å². The molecule has 12 aromatic rings. The molecule has 0 bridgehead atoms. The number of ether oxygens (including phenoxy) is 1. The Hall–Kier alpha value is -8.02. The van der Waals surface area contributed by atoms with Crippen molar-refractivity contribution in [3.8, 4) is 56.6 Å². The van der Waals surface area contributed by atoms with Crippen LogP contribution in [0.4, 0.5) is 0 Å². The summed E-state index contributed by atoms with van der Waals surface area (Å²) in [7, 11) is 0. The number of aromatic nitrogens is 4. The van der Waals surface area contributed by atoms with Crippen LogP contribution in [0.2, 0.25) is 0 Å². The van der Waals surface area contributed by atoms with E-state index in [1.165, 1.54) is 71.5 Å². The molecule has 1 aliphatic carbocycles. The van der Waals surface area contributed by atoms with Gasteiger partial charge in [0.2, 0.25) is 5.95 Å². The first-order chi connectivity index (χ1) is 30.5. The Balaban J connectivity index is 0.975. The standard InChI is InChI=1S/C57H36N4O/c1-57(2)44-17-8-5-14-38(44)41-32-36(25-26-45(41)57)60-47-19-9-6-15-39(47)42-30-34(23-27-48(42)60)35-24-28-49-43(31-35)53-37-13-4-3-12-33(37)22-29-50(53)61(49)56-58-46-18-11-21-52-54(46)55(59-56)40-16-7-10-20-51(40)62-52/h3-32H,1-2H3.